The van der Waals surface area contributed by atoms with Crippen molar-refractivity contribution in [3.8, 4) is 23.7 Å². The molecule has 0 saturated heterocycles. The van der Waals surface area contributed by atoms with E-state index in [1.807, 2.05) is 36.4 Å². The molecule has 38 heavy (non-hydrogen) atoms. The van der Waals surface area contributed by atoms with E-state index in [0.717, 1.165) is 34.9 Å². The molecule has 0 amide bonds. The van der Waals surface area contributed by atoms with Gasteiger partial charge in [-0.15, -0.1) is 0 Å². The second-order valence-electron chi connectivity index (χ2n) is 10.0. The summed E-state index contributed by atoms with van der Waals surface area (Å²) in [5, 5.41) is 1.40. The van der Waals surface area contributed by atoms with Crippen LogP contribution in [0.25, 0.3) is 10.8 Å². The first-order valence-corrected chi connectivity index (χ1v) is 14.1. The highest BCUT2D eigenvalue weighted by Gasteiger charge is 2.06. The van der Waals surface area contributed by atoms with Gasteiger partial charge >= 0.3 is 0 Å². The van der Waals surface area contributed by atoms with Crippen LogP contribution in [0, 0.1) is 29.5 Å². The van der Waals surface area contributed by atoms with Crippen LogP contribution in [-0.2, 0) is 12.8 Å². The minimum Gasteiger partial charge on any atom is -0.205 e. The Hall–Kier alpha value is -3.81. The minimum atomic E-state index is -0.278. The molecular formula is C37H37F. The molecule has 0 heterocycles. The van der Waals surface area contributed by atoms with Crippen LogP contribution < -0.4 is 0 Å². The molecule has 0 aliphatic carbocycles. The Morgan fingerprint density at radius 1 is 0.526 bits per heavy atom. The lowest BCUT2D eigenvalue weighted by Gasteiger charge is -2.03. The highest BCUT2D eigenvalue weighted by atomic mass is 19.1. The third-order valence-corrected chi connectivity index (χ3v) is 6.94. The molecular weight excluding hydrogens is 463 g/mol. The van der Waals surface area contributed by atoms with Gasteiger partial charge in [0.05, 0.1) is 5.56 Å². The molecule has 0 N–H and O–H groups in total. The van der Waals surface area contributed by atoms with Crippen LogP contribution in [0.4, 0.5) is 4.39 Å². The van der Waals surface area contributed by atoms with E-state index < -0.39 is 0 Å². The van der Waals surface area contributed by atoms with E-state index >= 15 is 4.39 Å². The van der Waals surface area contributed by atoms with Gasteiger partial charge in [0.25, 0.3) is 0 Å². The first-order chi connectivity index (χ1) is 18.7. The third kappa shape index (κ3) is 7.84. The van der Waals surface area contributed by atoms with Gasteiger partial charge in [-0.3, -0.25) is 0 Å². The molecule has 0 aromatic heterocycles. The fraction of sp³-hybridized carbons (Fsp3) is 0.297. The van der Waals surface area contributed by atoms with Crippen LogP contribution in [0.3, 0.4) is 0 Å². The molecule has 0 radical (unpaired) electrons. The molecule has 4 rings (SSSR count). The van der Waals surface area contributed by atoms with E-state index in [9.17, 15) is 0 Å². The molecule has 192 valence electrons. The molecule has 0 fully saturated rings. The summed E-state index contributed by atoms with van der Waals surface area (Å²) < 4.78 is 15.2. The molecule has 4 aromatic rings. The van der Waals surface area contributed by atoms with Gasteiger partial charge in [0, 0.05) is 22.1 Å². The summed E-state index contributed by atoms with van der Waals surface area (Å²) in [5.41, 5.74) is 5.87. The maximum absolute atomic E-state index is 15.2. The van der Waals surface area contributed by atoms with Crippen LogP contribution in [0.15, 0.2) is 78.9 Å². The van der Waals surface area contributed by atoms with Crippen molar-refractivity contribution in [1.29, 1.82) is 0 Å². The normalized spacial score (nSPS) is 10.5. The van der Waals surface area contributed by atoms with Gasteiger partial charge in [0.15, 0.2) is 0 Å². The van der Waals surface area contributed by atoms with Crippen LogP contribution in [0.5, 0.6) is 0 Å². The van der Waals surface area contributed by atoms with Gasteiger partial charge in [-0.25, -0.2) is 4.39 Å². The molecule has 0 nitrogen and oxygen atoms in total. The topological polar surface area (TPSA) is 0 Å². The molecule has 0 spiro atoms. The lowest BCUT2D eigenvalue weighted by molar-refractivity contribution is 0.632. The summed E-state index contributed by atoms with van der Waals surface area (Å²) in [6.07, 6.45) is 11.1. The first kappa shape index (κ1) is 27.2. The molecule has 0 bridgehead atoms. The minimum absolute atomic E-state index is 0.278. The van der Waals surface area contributed by atoms with Crippen LogP contribution >= 0.6 is 0 Å². The van der Waals surface area contributed by atoms with E-state index in [2.05, 4.69) is 73.9 Å². The van der Waals surface area contributed by atoms with Gasteiger partial charge in [-0.1, -0.05) is 106 Å². The van der Waals surface area contributed by atoms with Gasteiger partial charge in [0.2, 0.25) is 0 Å². The van der Waals surface area contributed by atoms with Crippen LogP contribution in [0.1, 0.15) is 92.2 Å². The summed E-state index contributed by atoms with van der Waals surface area (Å²) in [7, 11) is 0. The summed E-state index contributed by atoms with van der Waals surface area (Å²) in [5.74, 6) is 12.3. The zero-order valence-electron chi connectivity index (χ0n) is 22.7. The maximum atomic E-state index is 15.2. The summed E-state index contributed by atoms with van der Waals surface area (Å²) >= 11 is 0. The molecule has 0 aliphatic rings. The van der Waals surface area contributed by atoms with E-state index in [1.54, 1.807) is 6.07 Å². The van der Waals surface area contributed by atoms with Crippen molar-refractivity contribution in [2.75, 3.05) is 0 Å². The Kier molecular flexibility index (Phi) is 10.2. The number of hydrogen-bond donors (Lipinski definition) is 0. The Morgan fingerprint density at radius 2 is 1.08 bits per heavy atom. The number of aryl methyl sites for hydroxylation is 2. The fourth-order valence-electron chi connectivity index (χ4n) is 4.57. The molecule has 0 unspecified atom stereocenters. The molecule has 1 heteroatoms. The van der Waals surface area contributed by atoms with Crippen molar-refractivity contribution in [1.82, 2.24) is 0 Å². The number of benzene rings is 4. The lowest BCUT2D eigenvalue weighted by atomic mass is 10.0. The summed E-state index contributed by atoms with van der Waals surface area (Å²) in [4.78, 5) is 0. The third-order valence-electron chi connectivity index (χ3n) is 6.94. The largest absolute Gasteiger partial charge is 0.205 e. The number of hydrogen-bond acceptors (Lipinski definition) is 0. The first-order valence-electron chi connectivity index (χ1n) is 14.1. The van der Waals surface area contributed by atoms with E-state index in [1.165, 1.54) is 56.1 Å². The molecule has 0 atom stereocenters. The Bertz CT molecular complexity index is 1450. The van der Waals surface area contributed by atoms with Gasteiger partial charge in [-0.05, 0) is 84.7 Å². The lowest BCUT2D eigenvalue weighted by Crippen LogP contribution is -1.88. The number of rotatable bonds is 9. The maximum Gasteiger partial charge on any atom is 0.146 e. The zero-order chi connectivity index (χ0) is 26.6. The van der Waals surface area contributed by atoms with E-state index in [0.29, 0.717) is 10.9 Å². The van der Waals surface area contributed by atoms with Crippen molar-refractivity contribution in [2.24, 2.45) is 0 Å². The van der Waals surface area contributed by atoms with E-state index in [-0.39, 0.29) is 5.82 Å². The van der Waals surface area contributed by atoms with Crippen molar-refractivity contribution in [3.05, 3.63) is 118 Å². The van der Waals surface area contributed by atoms with Crippen LogP contribution in [-0.4, -0.2) is 0 Å². The van der Waals surface area contributed by atoms with Crippen molar-refractivity contribution in [3.63, 3.8) is 0 Å². The second-order valence-corrected chi connectivity index (χ2v) is 10.0. The molecule has 0 aliphatic heterocycles. The number of halogens is 1. The summed E-state index contributed by atoms with van der Waals surface area (Å²) in [6.45, 7) is 4.44. The van der Waals surface area contributed by atoms with Crippen LogP contribution in [0.2, 0.25) is 0 Å². The number of fused-ring (bicyclic) bond motifs is 1. The average molecular weight is 501 g/mol. The van der Waals surface area contributed by atoms with Crippen molar-refractivity contribution < 1.29 is 4.39 Å². The predicted octanol–water partition coefficient (Wildman–Crippen LogP) is 9.63. The standard InChI is InChI=1S/C37H37F/c1-3-5-7-8-9-11-30-14-16-31(17-15-30)20-21-33-23-27-36-35(28-33)26-25-34(37(36)38)24-22-32-18-12-29(13-19-32)10-6-4-2/h12-19,23,25-28H,3-11H2,1-2H3. The average Bonchev–Trinajstić information content (AvgIpc) is 2.95. The van der Waals surface area contributed by atoms with Crippen molar-refractivity contribution >= 4 is 10.8 Å². The monoisotopic (exact) mass is 500 g/mol. The Morgan fingerprint density at radius 3 is 1.74 bits per heavy atom. The highest BCUT2D eigenvalue weighted by Crippen LogP contribution is 2.22. The van der Waals surface area contributed by atoms with Crippen molar-refractivity contribution in [2.45, 2.75) is 71.6 Å². The fourth-order valence-corrected chi connectivity index (χ4v) is 4.57. The zero-order valence-corrected chi connectivity index (χ0v) is 22.7. The Balaban J connectivity index is 1.41. The second kappa shape index (κ2) is 14.2. The van der Waals surface area contributed by atoms with Gasteiger partial charge in [0.1, 0.15) is 5.82 Å². The number of unbranched alkanes of at least 4 members (excludes halogenated alkanes) is 5. The smallest absolute Gasteiger partial charge is 0.146 e. The SMILES string of the molecule is CCCCCCCc1ccc(C#Cc2ccc3c(F)c(C#Cc4ccc(CCCC)cc4)ccc3c2)cc1. The quantitative estimate of drug-likeness (QED) is 0.158. The van der Waals surface area contributed by atoms with Gasteiger partial charge < -0.3 is 0 Å². The highest BCUT2D eigenvalue weighted by molar-refractivity contribution is 5.86. The molecule has 4 aromatic carbocycles. The summed E-state index contributed by atoms with van der Waals surface area (Å²) in [6, 6.07) is 26.2. The molecule has 0 saturated carbocycles. The van der Waals surface area contributed by atoms with E-state index in [4.69, 9.17) is 0 Å². The Labute approximate surface area is 228 Å². The van der Waals surface area contributed by atoms with Gasteiger partial charge in [-0.2, -0.15) is 0 Å². The predicted molar refractivity (Wildman–Crippen MR) is 160 cm³/mol.